The van der Waals surface area contributed by atoms with Crippen LogP contribution in [0.2, 0.25) is 0 Å². The molecule has 216 valence electrons. The van der Waals surface area contributed by atoms with Crippen LogP contribution in [0.5, 0.6) is 0 Å². The van der Waals surface area contributed by atoms with Crippen molar-refractivity contribution >= 4 is 27.7 Å². The first-order valence-corrected chi connectivity index (χ1v) is 14.5. The van der Waals surface area contributed by atoms with Crippen molar-refractivity contribution in [1.29, 1.82) is 0 Å². The highest BCUT2D eigenvalue weighted by molar-refractivity contribution is 5.90. The molecule has 0 radical (unpaired) electrons. The summed E-state index contributed by atoms with van der Waals surface area (Å²) in [6.45, 7) is 6.27. The molecular weight excluding hydrogens is 535 g/mol. The second-order valence-electron chi connectivity index (χ2n) is 11.5. The number of pyridine rings is 1. The van der Waals surface area contributed by atoms with E-state index in [1.54, 1.807) is 12.3 Å². The lowest BCUT2D eigenvalue weighted by Crippen LogP contribution is -2.52. The number of nitrogens with zero attached hydrogens (tertiary/aromatic N) is 3. The van der Waals surface area contributed by atoms with E-state index in [1.165, 1.54) is 12.1 Å². The molecule has 0 saturated carbocycles. The van der Waals surface area contributed by atoms with E-state index >= 15 is 0 Å². The Hall–Kier alpha value is -4.28. The maximum Gasteiger partial charge on any atom is 0.257 e. The van der Waals surface area contributed by atoms with Gasteiger partial charge >= 0.3 is 0 Å². The van der Waals surface area contributed by atoms with Crippen molar-refractivity contribution < 1.29 is 13.9 Å². The number of hydrogen-bond acceptors (Lipinski definition) is 5. The summed E-state index contributed by atoms with van der Waals surface area (Å²) >= 11 is 0. The molecule has 3 N–H and O–H groups in total. The van der Waals surface area contributed by atoms with Gasteiger partial charge in [-0.25, -0.2) is 9.37 Å². The van der Waals surface area contributed by atoms with Gasteiger partial charge < -0.3 is 24.6 Å². The number of H-pyrrole nitrogens is 3. The third-order valence-electron chi connectivity index (χ3n) is 8.69. The van der Waals surface area contributed by atoms with E-state index < -0.39 is 0 Å². The van der Waals surface area contributed by atoms with Crippen LogP contribution in [0.15, 0.2) is 59.5 Å². The molecule has 7 rings (SSSR count). The standard InChI is InChI=1S/C32H33FN6O3/c1-19-23(24-13-22(33)6-7-27(24)35-19)14-30(40)39-10-9-38(16-20-8-11-42-18-20)17-29(39)31-34-15-28(36-31)25-12-21-4-2-3-5-26(21)37-32(25)41/h2-7,12-13,15,20,29,35H,8-11,14,16-18H2,1H3,(H,34,36)(H,37,41). The lowest BCUT2D eigenvalue weighted by atomic mass is 10.0. The molecule has 2 aliphatic rings. The van der Waals surface area contributed by atoms with Crippen LogP contribution in [0, 0.1) is 18.7 Å². The third-order valence-corrected chi connectivity index (χ3v) is 8.69. The lowest BCUT2D eigenvalue weighted by Gasteiger charge is -2.41. The second-order valence-corrected chi connectivity index (χ2v) is 11.5. The molecular formula is C32H33FN6O3. The van der Waals surface area contributed by atoms with Gasteiger partial charge in [-0.15, -0.1) is 0 Å². The molecule has 42 heavy (non-hydrogen) atoms. The van der Waals surface area contributed by atoms with E-state index in [4.69, 9.17) is 9.72 Å². The van der Waals surface area contributed by atoms with E-state index in [9.17, 15) is 14.0 Å². The normalized spacial score (nSPS) is 19.7. The number of hydrogen-bond donors (Lipinski definition) is 3. The molecule has 10 heteroatoms. The fraction of sp³-hybridized carbons (Fsp3) is 0.344. The summed E-state index contributed by atoms with van der Waals surface area (Å²) in [6, 6.07) is 13.8. The number of carbonyl (C=O) groups excluding carboxylic acids is 1. The summed E-state index contributed by atoms with van der Waals surface area (Å²) in [5.74, 6) is 0.739. The van der Waals surface area contributed by atoms with Crippen LogP contribution < -0.4 is 5.56 Å². The van der Waals surface area contributed by atoms with E-state index in [2.05, 4.69) is 19.9 Å². The predicted molar refractivity (Wildman–Crippen MR) is 159 cm³/mol. The van der Waals surface area contributed by atoms with E-state index in [-0.39, 0.29) is 29.7 Å². The monoisotopic (exact) mass is 568 g/mol. The van der Waals surface area contributed by atoms with Gasteiger partial charge in [0.1, 0.15) is 17.7 Å². The molecule has 2 saturated heterocycles. The van der Waals surface area contributed by atoms with Gasteiger partial charge in [0.15, 0.2) is 0 Å². The highest BCUT2D eigenvalue weighted by atomic mass is 19.1. The zero-order valence-electron chi connectivity index (χ0n) is 23.5. The van der Waals surface area contributed by atoms with Gasteiger partial charge in [0, 0.05) is 54.9 Å². The molecule has 2 unspecified atom stereocenters. The van der Waals surface area contributed by atoms with E-state index in [0.717, 1.165) is 65.8 Å². The Morgan fingerprint density at radius 1 is 1.10 bits per heavy atom. The van der Waals surface area contributed by atoms with Gasteiger partial charge in [0.05, 0.1) is 30.5 Å². The summed E-state index contributed by atoms with van der Waals surface area (Å²) in [6.07, 6.45) is 2.86. The summed E-state index contributed by atoms with van der Waals surface area (Å²) in [5.41, 5.74) is 4.15. The number of aromatic nitrogens is 4. The van der Waals surface area contributed by atoms with Crippen molar-refractivity contribution in [3.05, 3.63) is 88.0 Å². The number of rotatable bonds is 6. The summed E-state index contributed by atoms with van der Waals surface area (Å²) in [4.78, 5) is 45.5. The molecule has 2 atom stereocenters. The largest absolute Gasteiger partial charge is 0.381 e. The Labute approximate surface area is 241 Å². The van der Waals surface area contributed by atoms with Crippen LogP contribution >= 0.6 is 0 Å². The molecule has 0 aliphatic carbocycles. The molecule has 5 heterocycles. The minimum absolute atomic E-state index is 0.0430. The number of aromatic amines is 3. The topological polar surface area (TPSA) is 110 Å². The van der Waals surface area contributed by atoms with Crippen molar-refractivity contribution in [2.75, 3.05) is 39.4 Å². The Morgan fingerprint density at radius 2 is 1.98 bits per heavy atom. The van der Waals surface area contributed by atoms with Gasteiger partial charge in [0.2, 0.25) is 5.91 Å². The third kappa shape index (κ3) is 5.01. The minimum Gasteiger partial charge on any atom is -0.381 e. The highest BCUT2D eigenvalue weighted by Gasteiger charge is 2.35. The molecule has 2 fully saturated rings. The van der Waals surface area contributed by atoms with Gasteiger partial charge in [-0.05, 0) is 60.5 Å². The molecule has 1 amide bonds. The molecule has 9 nitrogen and oxygen atoms in total. The van der Waals surface area contributed by atoms with Crippen LogP contribution in [0.4, 0.5) is 4.39 Å². The summed E-state index contributed by atoms with van der Waals surface area (Å²) in [5, 5.41) is 1.65. The fourth-order valence-corrected chi connectivity index (χ4v) is 6.46. The van der Waals surface area contributed by atoms with Crippen LogP contribution in [-0.4, -0.2) is 75.0 Å². The maximum absolute atomic E-state index is 14.1. The summed E-state index contributed by atoms with van der Waals surface area (Å²) in [7, 11) is 0. The van der Waals surface area contributed by atoms with Crippen molar-refractivity contribution in [3.8, 4) is 11.3 Å². The SMILES string of the molecule is Cc1[nH]c2ccc(F)cc2c1CC(=O)N1CCN(CC2CCOC2)CC1c1ncc(-c2cc3ccccc3[nH]c2=O)[nH]1. The van der Waals surface area contributed by atoms with Gasteiger partial charge in [-0.3, -0.25) is 14.5 Å². The Balaban J connectivity index is 1.20. The maximum atomic E-state index is 14.1. The molecule has 2 aromatic carbocycles. The molecule has 0 spiro atoms. The van der Waals surface area contributed by atoms with Crippen molar-refractivity contribution in [2.45, 2.75) is 25.8 Å². The fourth-order valence-electron chi connectivity index (χ4n) is 6.46. The molecule has 3 aromatic heterocycles. The molecule has 2 aliphatic heterocycles. The van der Waals surface area contributed by atoms with Gasteiger partial charge in [0.25, 0.3) is 5.56 Å². The number of carbonyl (C=O) groups is 1. The average Bonchev–Trinajstić information content (AvgIpc) is 3.74. The van der Waals surface area contributed by atoms with Crippen molar-refractivity contribution in [3.63, 3.8) is 0 Å². The van der Waals surface area contributed by atoms with E-state index in [1.807, 2.05) is 42.2 Å². The van der Waals surface area contributed by atoms with Crippen molar-refractivity contribution in [1.82, 2.24) is 29.7 Å². The number of para-hydroxylation sites is 1. The number of imidazole rings is 1. The number of benzene rings is 2. The minimum atomic E-state index is -0.330. The molecule has 0 bridgehead atoms. The summed E-state index contributed by atoms with van der Waals surface area (Å²) < 4.78 is 19.7. The number of halogens is 1. The predicted octanol–water partition coefficient (Wildman–Crippen LogP) is 4.31. The highest BCUT2D eigenvalue weighted by Crippen LogP contribution is 2.30. The number of piperazine rings is 1. The number of aryl methyl sites for hydroxylation is 1. The Morgan fingerprint density at radius 3 is 2.83 bits per heavy atom. The zero-order chi connectivity index (χ0) is 28.8. The van der Waals surface area contributed by atoms with Crippen LogP contribution in [0.25, 0.3) is 33.1 Å². The first kappa shape index (κ1) is 26.6. The second kappa shape index (κ2) is 10.8. The van der Waals surface area contributed by atoms with Crippen molar-refractivity contribution in [2.24, 2.45) is 5.92 Å². The van der Waals surface area contributed by atoms with E-state index in [0.29, 0.717) is 36.1 Å². The number of ether oxygens (including phenoxy) is 1. The average molecular weight is 569 g/mol. The number of amides is 1. The zero-order valence-corrected chi connectivity index (χ0v) is 23.5. The number of nitrogens with one attached hydrogen (secondary N) is 3. The van der Waals surface area contributed by atoms with Crippen LogP contribution in [-0.2, 0) is 16.0 Å². The van der Waals surface area contributed by atoms with Crippen LogP contribution in [0.1, 0.15) is 29.5 Å². The van der Waals surface area contributed by atoms with Gasteiger partial charge in [-0.2, -0.15) is 0 Å². The quantitative estimate of drug-likeness (QED) is 0.283. The first-order valence-electron chi connectivity index (χ1n) is 14.5. The van der Waals surface area contributed by atoms with Crippen LogP contribution in [0.3, 0.4) is 0 Å². The Kier molecular flexibility index (Phi) is 6.87. The lowest BCUT2D eigenvalue weighted by molar-refractivity contribution is -0.136. The first-order chi connectivity index (χ1) is 20.4. The number of fused-ring (bicyclic) bond motifs is 2. The van der Waals surface area contributed by atoms with Gasteiger partial charge in [-0.1, -0.05) is 18.2 Å². The Bertz CT molecular complexity index is 1840. The molecule has 5 aromatic rings. The smallest absolute Gasteiger partial charge is 0.257 e.